The van der Waals surface area contributed by atoms with Gasteiger partial charge in [-0.2, -0.15) is 0 Å². The summed E-state index contributed by atoms with van der Waals surface area (Å²) in [6.45, 7) is 4.39. The third-order valence-electron chi connectivity index (χ3n) is 3.60. The summed E-state index contributed by atoms with van der Waals surface area (Å²) in [7, 11) is 0. The SMILES string of the molecule is CCOC(=S)c1cnc(C)nc1NC1CCCCCC1. The minimum absolute atomic E-state index is 0.476. The molecule has 1 N–H and O–H groups in total. The van der Waals surface area contributed by atoms with Gasteiger partial charge in [-0.3, -0.25) is 0 Å². The summed E-state index contributed by atoms with van der Waals surface area (Å²) in [6.07, 6.45) is 9.41. The minimum atomic E-state index is 0.476. The van der Waals surface area contributed by atoms with Crippen LogP contribution in [0.4, 0.5) is 5.82 Å². The molecule has 110 valence electrons. The van der Waals surface area contributed by atoms with Crippen LogP contribution in [0.5, 0.6) is 0 Å². The number of ether oxygens (including phenoxy) is 1. The third-order valence-corrected chi connectivity index (χ3v) is 3.94. The van der Waals surface area contributed by atoms with E-state index in [1.807, 2.05) is 13.8 Å². The number of nitrogens with one attached hydrogen (secondary N) is 1. The maximum atomic E-state index is 5.43. The molecule has 2 rings (SSSR count). The van der Waals surface area contributed by atoms with E-state index in [0.29, 0.717) is 17.7 Å². The Morgan fingerprint density at radius 3 is 2.70 bits per heavy atom. The van der Waals surface area contributed by atoms with Crippen molar-refractivity contribution < 1.29 is 4.74 Å². The fourth-order valence-corrected chi connectivity index (χ4v) is 2.82. The molecule has 1 heterocycles. The molecule has 0 amide bonds. The van der Waals surface area contributed by atoms with Crippen molar-refractivity contribution in [3.05, 3.63) is 17.6 Å². The fraction of sp³-hybridized carbons (Fsp3) is 0.667. The van der Waals surface area contributed by atoms with Gasteiger partial charge < -0.3 is 10.1 Å². The van der Waals surface area contributed by atoms with E-state index in [2.05, 4.69) is 15.3 Å². The van der Waals surface area contributed by atoms with Crippen LogP contribution in [0.25, 0.3) is 0 Å². The summed E-state index contributed by atoms with van der Waals surface area (Å²) < 4.78 is 5.43. The second kappa shape index (κ2) is 7.53. The largest absolute Gasteiger partial charge is 0.483 e. The van der Waals surface area contributed by atoms with E-state index >= 15 is 0 Å². The summed E-state index contributed by atoms with van der Waals surface area (Å²) in [5.41, 5.74) is 0.802. The second-order valence-corrected chi connectivity index (χ2v) is 5.60. The van der Waals surface area contributed by atoms with Crippen LogP contribution >= 0.6 is 12.2 Å². The lowest BCUT2D eigenvalue weighted by Gasteiger charge is -2.19. The van der Waals surface area contributed by atoms with Crippen molar-refractivity contribution in [2.75, 3.05) is 11.9 Å². The highest BCUT2D eigenvalue weighted by atomic mass is 32.1. The molecule has 0 aromatic carbocycles. The van der Waals surface area contributed by atoms with E-state index in [1.165, 1.54) is 38.5 Å². The predicted molar refractivity (Wildman–Crippen MR) is 85.2 cm³/mol. The Labute approximate surface area is 126 Å². The van der Waals surface area contributed by atoms with E-state index in [9.17, 15) is 0 Å². The lowest BCUT2D eigenvalue weighted by atomic mass is 10.1. The molecule has 1 aliphatic rings. The molecule has 0 spiro atoms. The Morgan fingerprint density at radius 2 is 2.05 bits per heavy atom. The van der Waals surface area contributed by atoms with Crippen molar-refractivity contribution in [1.29, 1.82) is 0 Å². The highest BCUT2D eigenvalue weighted by molar-refractivity contribution is 7.80. The number of thiocarbonyl (C=S) groups is 1. The minimum Gasteiger partial charge on any atom is -0.483 e. The quantitative estimate of drug-likeness (QED) is 0.678. The van der Waals surface area contributed by atoms with Crippen LogP contribution in [0.2, 0.25) is 0 Å². The third kappa shape index (κ3) is 4.13. The standard InChI is InChI=1S/C15H23N3OS/c1-3-19-15(20)13-10-16-11(2)17-14(13)18-12-8-6-4-5-7-9-12/h10,12H,3-9H2,1-2H3,(H,16,17,18). The van der Waals surface area contributed by atoms with Crippen LogP contribution in [0.15, 0.2) is 6.20 Å². The first-order valence-corrected chi connectivity index (χ1v) is 7.89. The monoisotopic (exact) mass is 293 g/mol. The van der Waals surface area contributed by atoms with Crippen LogP contribution in [-0.2, 0) is 4.74 Å². The van der Waals surface area contributed by atoms with E-state index < -0.39 is 0 Å². The number of rotatable bonds is 4. The lowest BCUT2D eigenvalue weighted by molar-refractivity contribution is 0.337. The van der Waals surface area contributed by atoms with Gasteiger partial charge >= 0.3 is 0 Å². The zero-order valence-electron chi connectivity index (χ0n) is 12.3. The number of hydrogen-bond acceptors (Lipinski definition) is 5. The molecule has 0 atom stereocenters. The van der Waals surface area contributed by atoms with Crippen molar-refractivity contribution in [3.8, 4) is 0 Å². The average molecular weight is 293 g/mol. The Bertz CT molecular complexity index is 456. The summed E-state index contributed by atoms with van der Waals surface area (Å²) in [5, 5.41) is 4.03. The van der Waals surface area contributed by atoms with Gasteiger partial charge in [-0.1, -0.05) is 25.7 Å². The van der Waals surface area contributed by atoms with Gasteiger partial charge in [0, 0.05) is 12.2 Å². The van der Waals surface area contributed by atoms with Gasteiger partial charge in [0.1, 0.15) is 11.6 Å². The first kappa shape index (κ1) is 15.2. The summed E-state index contributed by atoms with van der Waals surface area (Å²) in [6, 6.07) is 0.481. The van der Waals surface area contributed by atoms with Gasteiger partial charge in [-0.25, -0.2) is 9.97 Å². The summed E-state index contributed by atoms with van der Waals surface area (Å²) in [5.74, 6) is 1.58. The van der Waals surface area contributed by atoms with E-state index in [-0.39, 0.29) is 0 Å². The molecule has 1 saturated carbocycles. The smallest absolute Gasteiger partial charge is 0.196 e. The first-order chi connectivity index (χ1) is 9.70. The van der Waals surface area contributed by atoms with Crippen LogP contribution in [0.3, 0.4) is 0 Å². The predicted octanol–water partition coefficient (Wildman–Crippen LogP) is 3.63. The van der Waals surface area contributed by atoms with Crippen LogP contribution in [0, 0.1) is 6.92 Å². The molecule has 1 fully saturated rings. The average Bonchev–Trinajstić information content (AvgIpc) is 2.68. The molecule has 1 aromatic heterocycles. The number of nitrogens with zero attached hydrogens (tertiary/aromatic N) is 2. The number of hydrogen-bond donors (Lipinski definition) is 1. The van der Waals surface area contributed by atoms with E-state index in [4.69, 9.17) is 17.0 Å². The Balaban J connectivity index is 2.15. The first-order valence-electron chi connectivity index (χ1n) is 7.48. The topological polar surface area (TPSA) is 47.0 Å². The number of aromatic nitrogens is 2. The van der Waals surface area contributed by atoms with Gasteiger partial charge in [-0.15, -0.1) is 0 Å². The van der Waals surface area contributed by atoms with Crippen LogP contribution < -0.4 is 5.32 Å². The maximum Gasteiger partial charge on any atom is 0.196 e. The highest BCUT2D eigenvalue weighted by Crippen LogP contribution is 2.22. The summed E-state index contributed by atoms with van der Waals surface area (Å²) >= 11 is 5.30. The van der Waals surface area contributed by atoms with E-state index in [0.717, 1.165) is 17.2 Å². The van der Waals surface area contributed by atoms with Gasteiger partial charge in [0.2, 0.25) is 0 Å². The van der Waals surface area contributed by atoms with Crippen LogP contribution in [0.1, 0.15) is 56.8 Å². The molecule has 1 aliphatic carbocycles. The van der Waals surface area contributed by atoms with Crippen molar-refractivity contribution in [2.45, 2.75) is 58.4 Å². The Kier molecular flexibility index (Phi) is 5.71. The summed E-state index contributed by atoms with van der Waals surface area (Å²) in [4.78, 5) is 8.75. The Morgan fingerprint density at radius 1 is 1.35 bits per heavy atom. The van der Waals surface area contributed by atoms with Crippen LogP contribution in [-0.4, -0.2) is 27.7 Å². The highest BCUT2D eigenvalue weighted by Gasteiger charge is 2.17. The van der Waals surface area contributed by atoms with Gasteiger partial charge in [0.15, 0.2) is 5.05 Å². The second-order valence-electron chi connectivity index (χ2n) is 5.23. The fourth-order valence-electron chi connectivity index (χ4n) is 2.56. The molecule has 0 saturated heterocycles. The molecular formula is C15H23N3OS. The number of anilines is 1. The molecule has 0 bridgehead atoms. The van der Waals surface area contributed by atoms with Crippen molar-refractivity contribution in [3.63, 3.8) is 0 Å². The number of aryl methyl sites for hydroxylation is 1. The Hall–Kier alpha value is -1.23. The molecule has 20 heavy (non-hydrogen) atoms. The van der Waals surface area contributed by atoms with Gasteiger partial charge in [0.25, 0.3) is 0 Å². The molecule has 0 radical (unpaired) electrons. The van der Waals surface area contributed by atoms with Gasteiger partial charge in [-0.05, 0) is 38.9 Å². The zero-order valence-corrected chi connectivity index (χ0v) is 13.1. The van der Waals surface area contributed by atoms with Gasteiger partial charge in [0.05, 0.1) is 12.2 Å². The van der Waals surface area contributed by atoms with E-state index in [1.54, 1.807) is 6.20 Å². The zero-order chi connectivity index (χ0) is 14.4. The maximum absolute atomic E-state index is 5.43. The van der Waals surface area contributed by atoms with Crippen molar-refractivity contribution >= 4 is 23.1 Å². The molecule has 1 aromatic rings. The van der Waals surface area contributed by atoms with Crippen molar-refractivity contribution in [1.82, 2.24) is 9.97 Å². The molecular weight excluding hydrogens is 270 g/mol. The molecule has 5 heteroatoms. The lowest BCUT2D eigenvalue weighted by Crippen LogP contribution is -2.22. The molecule has 0 aliphatic heterocycles. The molecule has 0 unspecified atom stereocenters. The normalized spacial score (nSPS) is 16.5. The van der Waals surface area contributed by atoms with Crippen molar-refractivity contribution in [2.24, 2.45) is 0 Å². The molecule has 4 nitrogen and oxygen atoms in total.